The molecular formula is C18H24N4OS. The molecule has 0 N–H and O–H groups in total. The first-order valence-electron chi connectivity index (χ1n) is 8.78. The summed E-state index contributed by atoms with van der Waals surface area (Å²) in [6.45, 7) is 5.46. The second-order valence-electron chi connectivity index (χ2n) is 6.57. The molecule has 2 fully saturated rings. The summed E-state index contributed by atoms with van der Waals surface area (Å²) in [5.74, 6) is 3.62. The number of piperazine rings is 1. The first kappa shape index (κ1) is 16.1. The second kappa shape index (κ2) is 7.68. The maximum atomic E-state index is 5.54. The molecule has 0 radical (unpaired) electrons. The van der Waals surface area contributed by atoms with E-state index in [4.69, 9.17) is 4.52 Å². The molecule has 0 atom stereocenters. The van der Waals surface area contributed by atoms with Gasteiger partial charge in [0.25, 0.3) is 0 Å². The minimum absolute atomic E-state index is 0.817. The second-order valence-corrected chi connectivity index (χ2v) is 7.79. The zero-order valence-corrected chi connectivity index (χ0v) is 14.7. The van der Waals surface area contributed by atoms with E-state index in [1.165, 1.54) is 37.4 Å². The molecule has 0 bridgehead atoms. The van der Waals surface area contributed by atoms with Crippen LogP contribution in [0, 0.1) is 0 Å². The van der Waals surface area contributed by atoms with Crippen LogP contribution in [0.1, 0.15) is 18.6 Å². The van der Waals surface area contributed by atoms with E-state index in [2.05, 4.69) is 37.8 Å². The number of aromatic nitrogens is 2. The molecule has 0 aromatic carbocycles. The first-order valence-corrected chi connectivity index (χ1v) is 9.94. The third-order valence-electron chi connectivity index (χ3n) is 5.03. The zero-order valence-electron chi connectivity index (χ0n) is 13.9. The summed E-state index contributed by atoms with van der Waals surface area (Å²) >= 11 is 2.11. The lowest BCUT2D eigenvalue weighted by Crippen LogP contribution is -2.50. The fourth-order valence-corrected chi connectivity index (χ4v) is 4.69. The van der Waals surface area contributed by atoms with Crippen molar-refractivity contribution in [3.63, 3.8) is 0 Å². The summed E-state index contributed by atoms with van der Waals surface area (Å²) in [5.41, 5.74) is 1.95. The van der Waals surface area contributed by atoms with Crippen LogP contribution in [0.25, 0.3) is 11.3 Å². The van der Waals surface area contributed by atoms with Crippen molar-refractivity contribution in [2.45, 2.75) is 25.4 Å². The summed E-state index contributed by atoms with van der Waals surface area (Å²) in [5, 5.41) is 4.20. The van der Waals surface area contributed by atoms with E-state index in [-0.39, 0.29) is 0 Å². The third kappa shape index (κ3) is 3.82. The van der Waals surface area contributed by atoms with Gasteiger partial charge in [-0.15, -0.1) is 0 Å². The van der Waals surface area contributed by atoms with Crippen molar-refractivity contribution in [2.75, 3.05) is 37.7 Å². The molecule has 4 rings (SSSR count). The highest BCUT2D eigenvalue weighted by molar-refractivity contribution is 7.99. The standard InChI is InChI=1S/C18H24N4OS/c1-5-19-6-2-15(1)18-13-17(23-20-18)14-21-7-9-22(10-8-21)16-3-11-24-12-4-16/h1-2,5-6,13,16H,3-4,7-12,14H2. The Balaban J connectivity index is 1.30. The van der Waals surface area contributed by atoms with E-state index in [0.717, 1.165) is 42.7 Å². The molecule has 4 heterocycles. The van der Waals surface area contributed by atoms with Crippen LogP contribution in [-0.4, -0.2) is 63.7 Å². The Labute approximate surface area is 147 Å². The van der Waals surface area contributed by atoms with Crippen molar-refractivity contribution in [3.05, 3.63) is 36.4 Å². The van der Waals surface area contributed by atoms with Gasteiger partial charge in [0, 0.05) is 56.2 Å². The van der Waals surface area contributed by atoms with Crippen molar-refractivity contribution in [2.24, 2.45) is 0 Å². The molecule has 0 amide bonds. The lowest BCUT2D eigenvalue weighted by Gasteiger charge is -2.40. The summed E-state index contributed by atoms with van der Waals surface area (Å²) in [6.07, 6.45) is 6.30. The van der Waals surface area contributed by atoms with Crippen molar-refractivity contribution in [3.8, 4) is 11.3 Å². The molecule has 5 nitrogen and oxygen atoms in total. The molecule has 0 unspecified atom stereocenters. The normalized spacial score (nSPS) is 21.2. The Morgan fingerprint density at radius 3 is 2.58 bits per heavy atom. The topological polar surface area (TPSA) is 45.4 Å². The van der Waals surface area contributed by atoms with Gasteiger partial charge in [0.2, 0.25) is 0 Å². The van der Waals surface area contributed by atoms with Gasteiger partial charge in [-0.25, -0.2) is 0 Å². The lowest BCUT2D eigenvalue weighted by molar-refractivity contribution is 0.0827. The zero-order chi connectivity index (χ0) is 16.2. The molecule has 24 heavy (non-hydrogen) atoms. The Kier molecular flexibility index (Phi) is 5.16. The fourth-order valence-electron chi connectivity index (χ4n) is 3.60. The molecule has 6 heteroatoms. The van der Waals surface area contributed by atoms with E-state index < -0.39 is 0 Å². The Hall–Kier alpha value is -1.37. The van der Waals surface area contributed by atoms with Crippen LogP contribution in [-0.2, 0) is 6.54 Å². The average Bonchev–Trinajstić information content (AvgIpc) is 3.12. The van der Waals surface area contributed by atoms with Crippen LogP contribution in [0.3, 0.4) is 0 Å². The highest BCUT2D eigenvalue weighted by Gasteiger charge is 2.25. The summed E-state index contributed by atoms with van der Waals surface area (Å²) < 4.78 is 5.54. The van der Waals surface area contributed by atoms with Crippen LogP contribution >= 0.6 is 11.8 Å². The van der Waals surface area contributed by atoms with Crippen molar-refractivity contribution >= 4 is 11.8 Å². The van der Waals surface area contributed by atoms with Gasteiger partial charge in [-0.2, -0.15) is 11.8 Å². The van der Waals surface area contributed by atoms with Crippen LogP contribution in [0.15, 0.2) is 35.1 Å². The van der Waals surface area contributed by atoms with E-state index in [9.17, 15) is 0 Å². The number of rotatable bonds is 4. The highest BCUT2D eigenvalue weighted by Crippen LogP contribution is 2.23. The largest absolute Gasteiger partial charge is 0.359 e. The lowest BCUT2D eigenvalue weighted by atomic mass is 10.1. The number of hydrogen-bond acceptors (Lipinski definition) is 6. The molecule has 2 aliphatic rings. The van der Waals surface area contributed by atoms with Gasteiger partial charge in [-0.3, -0.25) is 14.8 Å². The van der Waals surface area contributed by atoms with Gasteiger partial charge in [0.1, 0.15) is 5.69 Å². The maximum absolute atomic E-state index is 5.54. The van der Waals surface area contributed by atoms with E-state index in [1.54, 1.807) is 12.4 Å². The number of pyridine rings is 1. The summed E-state index contributed by atoms with van der Waals surface area (Å²) in [7, 11) is 0. The smallest absolute Gasteiger partial charge is 0.151 e. The molecule has 0 aliphatic carbocycles. The van der Waals surface area contributed by atoms with E-state index in [1.807, 2.05) is 12.1 Å². The molecular weight excluding hydrogens is 320 g/mol. The molecule has 0 saturated carbocycles. The molecule has 128 valence electrons. The van der Waals surface area contributed by atoms with Gasteiger partial charge < -0.3 is 4.52 Å². The maximum Gasteiger partial charge on any atom is 0.151 e. The van der Waals surface area contributed by atoms with E-state index >= 15 is 0 Å². The molecule has 2 aliphatic heterocycles. The van der Waals surface area contributed by atoms with Crippen LogP contribution in [0.2, 0.25) is 0 Å². The Bertz CT molecular complexity index is 633. The molecule has 0 spiro atoms. The highest BCUT2D eigenvalue weighted by atomic mass is 32.2. The Morgan fingerprint density at radius 2 is 1.83 bits per heavy atom. The van der Waals surface area contributed by atoms with Crippen molar-refractivity contribution < 1.29 is 4.52 Å². The van der Waals surface area contributed by atoms with Gasteiger partial charge in [-0.1, -0.05) is 5.16 Å². The fraction of sp³-hybridized carbons (Fsp3) is 0.556. The van der Waals surface area contributed by atoms with Crippen LogP contribution < -0.4 is 0 Å². The van der Waals surface area contributed by atoms with Crippen molar-refractivity contribution in [1.82, 2.24) is 19.9 Å². The predicted octanol–water partition coefficient (Wildman–Crippen LogP) is 2.75. The average molecular weight is 344 g/mol. The number of hydrogen-bond donors (Lipinski definition) is 0. The quantitative estimate of drug-likeness (QED) is 0.850. The minimum atomic E-state index is 0.817. The third-order valence-corrected chi connectivity index (χ3v) is 6.08. The van der Waals surface area contributed by atoms with Gasteiger partial charge in [-0.05, 0) is 36.5 Å². The van der Waals surface area contributed by atoms with E-state index in [0.29, 0.717) is 0 Å². The van der Waals surface area contributed by atoms with Crippen LogP contribution in [0.4, 0.5) is 0 Å². The SMILES string of the molecule is c1cc(-c2cc(CN3CCN(C4CCSCC4)CC3)on2)ccn1. The van der Waals surface area contributed by atoms with Crippen molar-refractivity contribution in [1.29, 1.82) is 0 Å². The monoisotopic (exact) mass is 344 g/mol. The molecule has 2 aromatic rings. The predicted molar refractivity (Wildman–Crippen MR) is 96.9 cm³/mol. The Morgan fingerprint density at radius 1 is 1.08 bits per heavy atom. The molecule has 2 aromatic heterocycles. The summed E-state index contributed by atoms with van der Waals surface area (Å²) in [4.78, 5) is 9.21. The van der Waals surface area contributed by atoms with Gasteiger partial charge in [0.05, 0.1) is 6.54 Å². The minimum Gasteiger partial charge on any atom is -0.359 e. The summed E-state index contributed by atoms with van der Waals surface area (Å²) in [6, 6.07) is 6.79. The van der Waals surface area contributed by atoms with Gasteiger partial charge in [0.15, 0.2) is 5.76 Å². The van der Waals surface area contributed by atoms with Gasteiger partial charge >= 0.3 is 0 Å². The number of thioether (sulfide) groups is 1. The first-order chi connectivity index (χ1) is 11.9. The van der Waals surface area contributed by atoms with Crippen LogP contribution in [0.5, 0.6) is 0 Å². The number of nitrogens with zero attached hydrogens (tertiary/aromatic N) is 4. The molecule has 2 saturated heterocycles.